The SMILES string of the molecule is O=C(/C=C\c1cccc(Cl)c1)N[C@H](c1ccccc1)c1ccco1. The summed E-state index contributed by atoms with van der Waals surface area (Å²) in [5.41, 5.74) is 1.82. The molecule has 1 N–H and O–H groups in total. The van der Waals surface area contributed by atoms with Gasteiger partial charge in [0.05, 0.1) is 6.26 Å². The Hall–Kier alpha value is -2.78. The Kier molecular flexibility index (Phi) is 5.14. The number of rotatable bonds is 5. The minimum Gasteiger partial charge on any atom is -0.467 e. The van der Waals surface area contributed by atoms with E-state index in [0.717, 1.165) is 11.1 Å². The fourth-order valence-corrected chi connectivity index (χ4v) is 2.59. The van der Waals surface area contributed by atoms with Crippen molar-refractivity contribution < 1.29 is 9.21 Å². The smallest absolute Gasteiger partial charge is 0.244 e. The highest BCUT2D eigenvalue weighted by atomic mass is 35.5. The van der Waals surface area contributed by atoms with E-state index in [1.54, 1.807) is 30.5 Å². The van der Waals surface area contributed by atoms with E-state index in [2.05, 4.69) is 5.32 Å². The van der Waals surface area contributed by atoms with Crippen molar-refractivity contribution in [3.8, 4) is 0 Å². The van der Waals surface area contributed by atoms with E-state index < -0.39 is 0 Å². The molecule has 0 saturated heterocycles. The van der Waals surface area contributed by atoms with Crippen molar-refractivity contribution in [2.24, 2.45) is 0 Å². The van der Waals surface area contributed by atoms with Crippen LogP contribution in [0.1, 0.15) is 22.9 Å². The summed E-state index contributed by atoms with van der Waals surface area (Å²) < 4.78 is 5.47. The lowest BCUT2D eigenvalue weighted by molar-refractivity contribution is -0.117. The predicted octanol–water partition coefficient (Wildman–Crippen LogP) is 4.85. The van der Waals surface area contributed by atoms with Crippen molar-refractivity contribution in [2.75, 3.05) is 0 Å². The Balaban J connectivity index is 1.77. The molecule has 1 atom stereocenters. The molecule has 120 valence electrons. The Morgan fingerprint density at radius 2 is 1.88 bits per heavy atom. The number of hydrogen-bond acceptors (Lipinski definition) is 2. The zero-order valence-electron chi connectivity index (χ0n) is 12.9. The minimum atomic E-state index is -0.335. The lowest BCUT2D eigenvalue weighted by Gasteiger charge is -2.16. The number of carbonyl (C=O) groups is 1. The van der Waals surface area contributed by atoms with Crippen LogP contribution in [0.4, 0.5) is 0 Å². The fraction of sp³-hybridized carbons (Fsp3) is 0.0500. The molecule has 3 rings (SSSR count). The molecule has 1 aromatic heterocycles. The lowest BCUT2D eigenvalue weighted by atomic mass is 10.0. The second-order valence-electron chi connectivity index (χ2n) is 5.26. The first-order valence-electron chi connectivity index (χ1n) is 7.55. The molecule has 0 bridgehead atoms. The first kappa shape index (κ1) is 16.1. The Morgan fingerprint density at radius 1 is 1.04 bits per heavy atom. The van der Waals surface area contributed by atoms with Crippen LogP contribution in [0.15, 0.2) is 83.5 Å². The van der Waals surface area contributed by atoms with E-state index in [-0.39, 0.29) is 11.9 Å². The summed E-state index contributed by atoms with van der Waals surface area (Å²) in [4.78, 5) is 12.3. The van der Waals surface area contributed by atoms with Gasteiger partial charge in [0, 0.05) is 11.1 Å². The van der Waals surface area contributed by atoms with Gasteiger partial charge in [-0.2, -0.15) is 0 Å². The summed E-state index contributed by atoms with van der Waals surface area (Å²) in [7, 11) is 0. The van der Waals surface area contributed by atoms with Crippen LogP contribution < -0.4 is 5.32 Å². The first-order chi connectivity index (χ1) is 11.7. The van der Waals surface area contributed by atoms with E-state index in [1.807, 2.05) is 48.5 Å². The van der Waals surface area contributed by atoms with Gasteiger partial charge in [0.1, 0.15) is 11.8 Å². The quantitative estimate of drug-likeness (QED) is 0.676. The molecule has 0 aliphatic rings. The number of nitrogens with one attached hydrogen (secondary N) is 1. The van der Waals surface area contributed by atoms with Gasteiger partial charge in [0.2, 0.25) is 5.91 Å². The van der Waals surface area contributed by atoms with Gasteiger partial charge in [-0.15, -0.1) is 0 Å². The van der Waals surface area contributed by atoms with Gasteiger partial charge >= 0.3 is 0 Å². The number of benzene rings is 2. The molecule has 0 spiro atoms. The number of furan rings is 1. The van der Waals surface area contributed by atoms with Gasteiger partial charge < -0.3 is 9.73 Å². The van der Waals surface area contributed by atoms with Crippen LogP contribution in [-0.4, -0.2) is 5.91 Å². The number of carbonyl (C=O) groups excluding carboxylic acids is 1. The molecule has 0 aliphatic carbocycles. The molecular formula is C20H16ClNO2. The average molecular weight is 338 g/mol. The molecule has 0 fully saturated rings. The third kappa shape index (κ3) is 4.15. The Morgan fingerprint density at radius 3 is 2.58 bits per heavy atom. The molecule has 24 heavy (non-hydrogen) atoms. The summed E-state index contributed by atoms with van der Waals surface area (Å²) >= 11 is 5.95. The van der Waals surface area contributed by atoms with Gasteiger partial charge in [-0.3, -0.25) is 4.79 Å². The molecule has 0 unspecified atom stereocenters. The standard InChI is InChI=1S/C20H16ClNO2/c21-17-9-4-6-15(14-17)11-12-19(23)22-20(18-10-5-13-24-18)16-7-2-1-3-8-16/h1-14,20H,(H,22,23)/b12-11-/t20-/m1/s1. The molecule has 3 nitrogen and oxygen atoms in total. The predicted molar refractivity (Wildman–Crippen MR) is 95.6 cm³/mol. The van der Waals surface area contributed by atoms with Crippen molar-refractivity contribution >= 4 is 23.6 Å². The van der Waals surface area contributed by atoms with Crippen molar-refractivity contribution in [2.45, 2.75) is 6.04 Å². The van der Waals surface area contributed by atoms with Crippen molar-refractivity contribution in [3.63, 3.8) is 0 Å². The average Bonchev–Trinajstić information content (AvgIpc) is 3.13. The highest BCUT2D eigenvalue weighted by Gasteiger charge is 2.17. The molecule has 0 radical (unpaired) electrons. The number of halogens is 1. The van der Waals surface area contributed by atoms with E-state index in [1.165, 1.54) is 6.08 Å². The van der Waals surface area contributed by atoms with Crippen LogP contribution in [-0.2, 0) is 4.79 Å². The molecule has 0 aliphatic heterocycles. The monoisotopic (exact) mass is 337 g/mol. The van der Waals surface area contributed by atoms with E-state index in [0.29, 0.717) is 10.8 Å². The largest absolute Gasteiger partial charge is 0.467 e. The highest BCUT2D eigenvalue weighted by molar-refractivity contribution is 6.30. The Bertz CT molecular complexity index is 826. The maximum Gasteiger partial charge on any atom is 0.244 e. The summed E-state index contributed by atoms with van der Waals surface area (Å²) in [6.07, 6.45) is 4.81. The van der Waals surface area contributed by atoms with Crippen LogP contribution in [0.3, 0.4) is 0 Å². The normalized spacial score (nSPS) is 12.2. The minimum absolute atomic E-state index is 0.208. The molecular weight excluding hydrogens is 322 g/mol. The summed E-state index contributed by atoms with van der Waals surface area (Å²) in [5, 5.41) is 3.60. The number of hydrogen-bond donors (Lipinski definition) is 1. The molecule has 1 amide bonds. The van der Waals surface area contributed by atoms with Crippen LogP contribution in [0, 0.1) is 0 Å². The maximum atomic E-state index is 12.3. The van der Waals surface area contributed by atoms with E-state index >= 15 is 0 Å². The molecule has 2 aromatic carbocycles. The topological polar surface area (TPSA) is 42.2 Å². The summed E-state index contributed by atoms with van der Waals surface area (Å²) in [6.45, 7) is 0. The van der Waals surface area contributed by atoms with Crippen molar-refractivity contribution in [1.29, 1.82) is 0 Å². The molecule has 4 heteroatoms. The zero-order chi connectivity index (χ0) is 16.8. The summed E-state index contributed by atoms with van der Waals surface area (Å²) in [6, 6.07) is 20.3. The van der Waals surface area contributed by atoms with Gasteiger partial charge in [-0.1, -0.05) is 54.1 Å². The van der Waals surface area contributed by atoms with Gasteiger partial charge in [0.15, 0.2) is 0 Å². The third-order valence-corrected chi connectivity index (χ3v) is 3.76. The molecule has 1 heterocycles. The van der Waals surface area contributed by atoms with Gasteiger partial charge in [-0.25, -0.2) is 0 Å². The molecule has 0 saturated carbocycles. The number of amides is 1. The Labute approximate surface area is 145 Å². The van der Waals surface area contributed by atoms with Crippen molar-refractivity contribution in [3.05, 3.63) is 101 Å². The maximum absolute atomic E-state index is 12.3. The lowest BCUT2D eigenvalue weighted by Crippen LogP contribution is -2.27. The van der Waals surface area contributed by atoms with Crippen LogP contribution in [0.25, 0.3) is 6.08 Å². The van der Waals surface area contributed by atoms with Crippen LogP contribution in [0.2, 0.25) is 5.02 Å². The summed E-state index contributed by atoms with van der Waals surface area (Å²) in [5.74, 6) is 0.478. The second-order valence-corrected chi connectivity index (χ2v) is 5.69. The third-order valence-electron chi connectivity index (χ3n) is 3.52. The van der Waals surface area contributed by atoms with E-state index in [4.69, 9.17) is 16.0 Å². The zero-order valence-corrected chi connectivity index (χ0v) is 13.6. The van der Waals surface area contributed by atoms with E-state index in [9.17, 15) is 4.79 Å². The second kappa shape index (κ2) is 7.66. The molecule has 3 aromatic rings. The van der Waals surface area contributed by atoms with Crippen LogP contribution >= 0.6 is 11.6 Å². The van der Waals surface area contributed by atoms with Crippen molar-refractivity contribution in [1.82, 2.24) is 5.32 Å². The highest BCUT2D eigenvalue weighted by Crippen LogP contribution is 2.22. The van der Waals surface area contributed by atoms with Gasteiger partial charge in [0.25, 0.3) is 0 Å². The fourth-order valence-electron chi connectivity index (χ4n) is 2.39. The van der Waals surface area contributed by atoms with Crippen LogP contribution in [0.5, 0.6) is 0 Å². The first-order valence-corrected chi connectivity index (χ1v) is 7.92. The van der Waals surface area contributed by atoms with Gasteiger partial charge in [-0.05, 0) is 41.5 Å².